The van der Waals surface area contributed by atoms with Crippen molar-refractivity contribution < 1.29 is 23.4 Å². The third kappa shape index (κ3) is 4.68. The van der Waals surface area contributed by atoms with Crippen molar-refractivity contribution in [2.75, 3.05) is 33.4 Å². The quantitative estimate of drug-likeness (QED) is 0.833. The van der Waals surface area contributed by atoms with Crippen molar-refractivity contribution in [1.29, 1.82) is 0 Å². The third-order valence-electron chi connectivity index (χ3n) is 3.35. The molecule has 22 heavy (non-hydrogen) atoms. The predicted octanol–water partition coefficient (Wildman–Crippen LogP) is 1.86. The molecule has 0 radical (unpaired) electrons. The number of halogens is 1. The molecule has 1 aliphatic rings. The van der Waals surface area contributed by atoms with Crippen LogP contribution in [0.1, 0.15) is 13.8 Å². The first-order chi connectivity index (χ1) is 10.4. The van der Waals surface area contributed by atoms with E-state index in [1.54, 1.807) is 24.1 Å². The van der Waals surface area contributed by atoms with Gasteiger partial charge in [-0.15, -0.1) is 0 Å². The van der Waals surface area contributed by atoms with Gasteiger partial charge in [-0.3, -0.25) is 4.79 Å². The third-order valence-corrected chi connectivity index (χ3v) is 3.35. The van der Waals surface area contributed by atoms with Gasteiger partial charge in [-0.25, -0.2) is 4.39 Å². The normalized spacial score (nSPS) is 20.7. The number of ether oxygens (including phenoxy) is 3. The summed E-state index contributed by atoms with van der Waals surface area (Å²) < 4.78 is 29.4. The maximum atomic E-state index is 13.1. The number of carbonyl (C=O) groups excluding carboxylic acids is 1. The van der Waals surface area contributed by atoms with Crippen molar-refractivity contribution in [3.05, 3.63) is 30.1 Å². The minimum absolute atomic E-state index is 0.126. The Morgan fingerprint density at radius 1 is 1.50 bits per heavy atom. The minimum atomic E-state index is -0.435. The zero-order valence-electron chi connectivity index (χ0n) is 13.2. The summed E-state index contributed by atoms with van der Waals surface area (Å²) in [6.45, 7) is 5.11. The zero-order chi connectivity index (χ0) is 16.2. The molecule has 1 heterocycles. The lowest BCUT2D eigenvalue weighted by Gasteiger charge is -2.42. The Hall–Kier alpha value is -1.66. The van der Waals surface area contributed by atoms with Crippen LogP contribution in [0.5, 0.6) is 5.75 Å². The molecule has 1 aliphatic heterocycles. The van der Waals surface area contributed by atoms with Gasteiger partial charge in [-0.2, -0.15) is 0 Å². The van der Waals surface area contributed by atoms with Crippen LogP contribution in [0.2, 0.25) is 0 Å². The van der Waals surface area contributed by atoms with Gasteiger partial charge < -0.3 is 19.1 Å². The number of hydrogen-bond donors (Lipinski definition) is 0. The standard InChI is InChI=1S/C16H22FNO4/c1-16(2)11-18(8-14(22-16)9-20-3)15(19)10-21-13-6-4-5-12(17)7-13/h4-7,14H,8-11H2,1-3H3/t14-/m0/s1. The van der Waals surface area contributed by atoms with E-state index in [1.807, 2.05) is 13.8 Å². The van der Waals surface area contributed by atoms with Gasteiger partial charge >= 0.3 is 0 Å². The highest BCUT2D eigenvalue weighted by Crippen LogP contribution is 2.21. The Morgan fingerprint density at radius 3 is 2.95 bits per heavy atom. The molecule has 1 aromatic rings. The topological polar surface area (TPSA) is 48.0 Å². The van der Waals surface area contributed by atoms with Crippen molar-refractivity contribution in [1.82, 2.24) is 4.90 Å². The fraction of sp³-hybridized carbons (Fsp3) is 0.562. The summed E-state index contributed by atoms with van der Waals surface area (Å²) in [7, 11) is 1.60. The van der Waals surface area contributed by atoms with E-state index in [9.17, 15) is 9.18 Å². The van der Waals surface area contributed by atoms with Crippen molar-refractivity contribution in [2.24, 2.45) is 0 Å². The highest BCUT2D eigenvalue weighted by molar-refractivity contribution is 5.78. The molecule has 0 aromatic heterocycles. The number of amides is 1. The molecule has 5 nitrogen and oxygen atoms in total. The molecule has 0 aliphatic carbocycles. The molecular weight excluding hydrogens is 289 g/mol. The zero-order valence-corrected chi connectivity index (χ0v) is 13.2. The van der Waals surface area contributed by atoms with Crippen LogP contribution in [0.3, 0.4) is 0 Å². The Morgan fingerprint density at radius 2 is 2.27 bits per heavy atom. The molecule has 6 heteroatoms. The summed E-state index contributed by atoms with van der Waals surface area (Å²) in [6.07, 6.45) is -0.160. The highest BCUT2D eigenvalue weighted by Gasteiger charge is 2.35. The second-order valence-electron chi connectivity index (χ2n) is 5.98. The number of morpholine rings is 1. The van der Waals surface area contributed by atoms with Crippen molar-refractivity contribution in [3.63, 3.8) is 0 Å². The summed E-state index contributed by atoms with van der Waals surface area (Å²) in [4.78, 5) is 14.0. The van der Waals surface area contributed by atoms with E-state index in [0.29, 0.717) is 25.4 Å². The molecule has 0 saturated carbocycles. The predicted molar refractivity (Wildman–Crippen MR) is 79.3 cm³/mol. The van der Waals surface area contributed by atoms with E-state index < -0.39 is 11.4 Å². The molecule has 122 valence electrons. The summed E-state index contributed by atoms with van der Waals surface area (Å²) in [5, 5.41) is 0. The van der Waals surface area contributed by atoms with Crippen LogP contribution in [0.15, 0.2) is 24.3 Å². The van der Waals surface area contributed by atoms with Gasteiger partial charge in [0.25, 0.3) is 5.91 Å². The molecule has 1 amide bonds. The first-order valence-corrected chi connectivity index (χ1v) is 7.22. The molecule has 0 N–H and O–H groups in total. The first kappa shape index (κ1) is 16.7. The van der Waals surface area contributed by atoms with Crippen LogP contribution >= 0.6 is 0 Å². The monoisotopic (exact) mass is 311 g/mol. The van der Waals surface area contributed by atoms with Gasteiger partial charge in [0.2, 0.25) is 0 Å². The molecule has 0 spiro atoms. The first-order valence-electron chi connectivity index (χ1n) is 7.22. The molecule has 1 saturated heterocycles. The number of hydrogen-bond acceptors (Lipinski definition) is 4. The fourth-order valence-electron chi connectivity index (χ4n) is 2.55. The van der Waals surface area contributed by atoms with Gasteiger partial charge in [0.1, 0.15) is 11.6 Å². The largest absolute Gasteiger partial charge is 0.484 e. The lowest BCUT2D eigenvalue weighted by Crippen LogP contribution is -2.56. The average molecular weight is 311 g/mol. The number of methoxy groups -OCH3 is 1. The minimum Gasteiger partial charge on any atom is -0.484 e. The van der Waals surface area contributed by atoms with Crippen LogP contribution in [0.25, 0.3) is 0 Å². The van der Waals surface area contributed by atoms with E-state index in [4.69, 9.17) is 14.2 Å². The second kappa shape index (κ2) is 7.07. The molecule has 1 atom stereocenters. The number of rotatable bonds is 5. The molecular formula is C16H22FNO4. The lowest BCUT2D eigenvalue weighted by atomic mass is 10.1. The number of carbonyl (C=O) groups is 1. The molecule has 1 aromatic carbocycles. The molecule has 0 bridgehead atoms. The van der Waals surface area contributed by atoms with Crippen LogP contribution < -0.4 is 4.74 Å². The number of nitrogens with zero attached hydrogens (tertiary/aromatic N) is 1. The van der Waals surface area contributed by atoms with Crippen LogP contribution in [-0.4, -0.2) is 55.9 Å². The summed E-state index contributed by atoms with van der Waals surface area (Å²) in [5.74, 6) is -0.200. The van der Waals surface area contributed by atoms with E-state index in [2.05, 4.69) is 0 Å². The Bertz CT molecular complexity index is 521. The van der Waals surface area contributed by atoms with Gasteiger partial charge in [0.15, 0.2) is 6.61 Å². The van der Waals surface area contributed by atoms with Gasteiger partial charge in [0, 0.05) is 26.3 Å². The SMILES string of the molecule is COC[C@@H]1CN(C(=O)COc2cccc(F)c2)CC(C)(C)O1. The average Bonchev–Trinajstić information content (AvgIpc) is 2.43. The Kier molecular flexibility index (Phi) is 5.37. The maximum Gasteiger partial charge on any atom is 0.260 e. The fourth-order valence-corrected chi connectivity index (χ4v) is 2.55. The Labute approximate surface area is 130 Å². The van der Waals surface area contributed by atoms with E-state index in [1.165, 1.54) is 12.1 Å². The summed E-state index contributed by atoms with van der Waals surface area (Å²) >= 11 is 0. The molecule has 1 fully saturated rings. The van der Waals surface area contributed by atoms with Crippen molar-refractivity contribution in [3.8, 4) is 5.75 Å². The van der Waals surface area contributed by atoms with Gasteiger partial charge in [0.05, 0.1) is 18.3 Å². The summed E-state index contributed by atoms with van der Waals surface area (Å²) in [5.41, 5.74) is -0.435. The summed E-state index contributed by atoms with van der Waals surface area (Å²) in [6, 6.07) is 5.74. The van der Waals surface area contributed by atoms with Crippen molar-refractivity contribution in [2.45, 2.75) is 25.6 Å². The van der Waals surface area contributed by atoms with Crippen LogP contribution in [-0.2, 0) is 14.3 Å². The maximum absolute atomic E-state index is 13.1. The molecule has 2 rings (SSSR count). The smallest absolute Gasteiger partial charge is 0.260 e. The highest BCUT2D eigenvalue weighted by atomic mass is 19.1. The van der Waals surface area contributed by atoms with E-state index in [-0.39, 0.29) is 18.6 Å². The van der Waals surface area contributed by atoms with Gasteiger partial charge in [-0.1, -0.05) is 6.07 Å². The Balaban J connectivity index is 1.93. The lowest BCUT2D eigenvalue weighted by molar-refractivity contribution is -0.170. The van der Waals surface area contributed by atoms with E-state index >= 15 is 0 Å². The second-order valence-corrected chi connectivity index (χ2v) is 5.98. The van der Waals surface area contributed by atoms with Crippen LogP contribution in [0.4, 0.5) is 4.39 Å². The van der Waals surface area contributed by atoms with Crippen LogP contribution in [0, 0.1) is 5.82 Å². The number of benzene rings is 1. The van der Waals surface area contributed by atoms with Gasteiger partial charge in [-0.05, 0) is 26.0 Å². The van der Waals surface area contributed by atoms with Crippen molar-refractivity contribution >= 4 is 5.91 Å². The molecule has 0 unspecified atom stereocenters. The van der Waals surface area contributed by atoms with E-state index in [0.717, 1.165) is 0 Å².